The quantitative estimate of drug-likeness (QED) is 0.607. The van der Waals surface area contributed by atoms with Crippen LogP contribution in [0.1, 0.15) is 17.4 Å². The van der Waals surface area contributed by atoms with Crippen LogP contribution in [0.15, 0.2) is 78.0 Å². The van der Waals surface area contributed by atoms with Gasteiger partial charge in [-0.2, -0.15) is 0 Å². The van der Waals surface area contributed by atoms with Crippen LogP contribution in [0.5, 0.6) is 5.75 Å². The van der Waals surface area contributed by atoms with Crippen LogP contribution >= 0.6 is 11.6 Å². The average Bonchev–Trinajstić information content (AvgIpc) is 3.14. The second-order valence-electron chi connectivity index (χ2n) is 6.00. The van der Waals surface area contributed by atoms with Crippen LogP contribution in [0.3, 0.4) is 0 Å². The Morgan fingerprint density at radius 3 is 2.26 bits per heavy atom. The molecule has 1 aliphatic rings. The Balaban J connectivity index is 1.75. The third-order valence-electron chi connectivity index (χ3n) is 4.31. The van der Waals surface area contributed by atoms with E-state index in [1.807, 2.05) is 41.3 Å². The molecule has 0 saturated heterocycles. The second-order valence-corrected chi connectivity index (χ2v) is 6.44. The molecule has 0 aliphatic carbocycles. The fraction of sp³-hybridized carbons (Fsp3) is 0.0952. The highest BCUT2D eigenvalue weighted by atomic mass is 35.5. The van der Waals surface area contributed by atoms with E-state index in [0.717, 1.165) is 22.6 Å². The van der Waals surface area contributed by atoms with Gasteiger partial charge in [-0.05, 0) is 72.8 Å². The first-order valence-electron chi connectivity index (χ1n) is 8.34. The van der Waals surface area contributed by atoms with E-state index in [9.17, 15) is 4.39 Å². The standard InChI is InChI=1S/C21H16ClFN2O2/c1-26-19-12-4-15(5-13-19)21-25(18-10-8-17(23)9-11-18)20(24-27-21)14-2-6-16(22)7-3-14/h2-13,21H,1H3. The summed E-state index contributed by atoms with van der Waals surface area (Å²) in [5.74, 6) is 1.08. The van der Waals surface area contributed by atoms with Crippen LogP contribution < -0.4 is 9.64 Å². The van der Waals surface area contributed by atoms with Crippen LogP contribution in [0.25, 0.3) is 0 Å². The summed E-state index contributed by atoms with van der Waals surface area (Å²) in [6.45, 7) is 0. The van der Waals surface area contributed by atoms with Crippen molar-refractivity contribution < 1.29 is 14.0 Å². The molecule has 1 aliphatic heterocycles. The van der Waals surface area contributed by atoms with Crippen LogP contribution in [0.4, 0.5) is 10.1 Å². The molecule has 3 aromatic carbocycles. The molecule has 0 amide bonds. The van der Waals surface area contributed by atoms with Gasteiger partial charge < -0.3 is 9.57 Å². The van der Waals surface area contributed by atoms with E-state index in [2.05, 4.69) is 5.16 Å². The van der Waals surface area contributed by atoms with E-state index in [1.54, 1.807) is 31.4 Å². The number of hydrogen-bond acceptors (Lipinski definition) is 4. The van der Waals surface area contributed by atoms with E-state index >= 15 is 0 Å². The molecule has 0 saturated carbocycles. The van der Waals surface area contributed by atoms with Gasteiger partial charge in [-0.3, -0.25) is 4.90 Å². The lowest BCUT2D eigenvalue weighted by Crippen LogP contribution is -2.31. The molecular formula is C21H16ClFN2O2. The number of anilines is 1. The lowest BCUT2D eigenvalue weighted by atomic mass is 10.1. The van der Waals surface area contributed by atoms with Crippen LogP contribution in [0.2, 0.25) is 5.02 Å². The molecule has 1 atom stereocenters. The summed E-state index contributed by atoms with van der Waals surface area (Å²) in [6.07, 6.45) is -0.480. The largest absolute Gasteiger partial charge is 0.497 e. The van der Waals surface area contributed by atoms with Crippen molar-refractivity contribution >= 4 is 23.1 Å². The van der Waals surface area contributed by atoms with Gasteiger partial charge in [0.05, 0.1) is 7.11 Å². The van der Waals surface area contributed by atoms with Crippen molar-refractivity contribution in [1.29, 1.82) is 0 Å². The number of oxime groups is 1. The lowest BCUT2D eigenvalue weighted by Gasteiger charge is -2.26. The highest BCUT2D eigenvalue weighted by Crippen LogP contribution is 2.35. The Hall–Kier alpha value is -3.05. The van der Waals surface area contributed by atoms with E-state index in [1.165, 1.54) is 12.1 Å². The van der Waals surface area contributed by atoms with Crippen molar-refractivity contribution in [3.05, 3.63) is 94.8 Å². The van der Waals surface area contributed by atoms with Gasteiger partial charge in [-0.15, -0.1) is 0 Å². The topological polar surface area (TPSA) is 34.1 Å². The maximum atomic E-state index is 13.4. The summed E-state index contributed by atoms with van der Waals surface area (Å²) in [7, 11) is 1.62. The molecule has 4 nitrogen and oxygen atoms in total. The van der Waals surface area contributed by atoms with Gasteiger partial charge in [0.15, 0.2) is 5.84 Å². The van der Waals surface area contributed by atoms with Crippen LogP contribution in [-0.2, 0) is 4.84 Å². The first-order valence-corrected chi connectivity index (χ1v) is 8.72. The number of ether oxygens (including phenoxy) is 1. The third kappa shape index (κ3) is 3.46. The third-order valence-corrected chi connectivity index (χ3v) is 4.56. The monoisotopic (exact) mass is 382 g/mol. The minimum absolute atomic E-state index is 0.301. The molecule has 27 heavy (non-hydrogen) atoms. The Kier molecular flexibility index (Phi) is 4.69. The lowest BCUT2D eigenvalue weighted by molar-refractivity contribution is 0.0867. The molecular weight excluding hydrogens is 367 g/mol. The summed E-state index contributed by atoms with van der Waals surface area (Å²) >= 11 is 6.00. The molecule has 0 radical (unpaired) electrons. The van der Waals surface area contributed by atoms with Gasteiger partial charge in [0.2, 0.25) is 6.23 Å². The van der Waals surface area contributed by atoms with Crippen molar-refractivity contribution in [2.45, 2.75) is 6.23 Å². The molecule has 0 N–H and O–H groups in total. The first-order chi connectivity index (χ1) is 13.2. The van der Waals surface area contributed by atoms with E-state index in [-0.39, 0.29) is 5.82 Å². The number of amidine groups is 1. The average molecular weight is 383 g/mol. The molecule has 136 valence electrons. The van der Waals surface area contributed by atoms with Gasteiger partial charge in [-0.1, -0.05) is 16.8 Å². The number of methoxy groups -OCH3 is 1. The molecule has 0 spiro atoms. The predicted molar refractivity (Wildman–Crippen MR) is 104 cm³/mol. The van der Waals surface area contributed by atoms with Crippen molar-refractivity contribution in [3.8, 4) is 5.75 Å². The predicted octanol–water partition coefficient (Wildman–Crippen LogP) is 5.38. The smallest absolute Gasteiger partial charge is 0.231 e. The summed E-state index contributed by atoms with van der Waals surface area (Å²) in [6, 6.07) is 21.1. The van der Waals surface area contributed by atoms with Crippen molar-refractivity contribution in [1.82, 2.24) is 0 Å². The maximum absolute atomic E-state index is 13.4. The van der Waals surface area contributed by atoms with Gasteiger partial charge in [0.25, 0.3) is 0 Å². The minimum Gasteiger partial charge on any atom is -0.497 e. The highest BCUT2D eigenvalue weighted by molar-refractivity contribution is 6.30. The zero-order valence-electron chi connectivity index (χ0n) is 14.5. The Labute approximate surface area is 161 Å². The van der Waals surface area contributed by atoms with Gasteiger partial charge in [0, 0.05) is 21.8 Å². The number of rotatable bonds is 4. The zero-order valence-corrected chi connectivity index (χ0v) is 15.2. The zero-order chi connectivity index (χ0) is 18.8. The number of halogens is 2. The molecule has 4 rings (SSSR count). The fourth-order valence-electron chi connectivity index (χ4n) is 2.93. The van der Waals surface area contributed by atoms with Crippen molar-refractivity contribution in [3.63, 3.8) is 0 Å². The SMILES string of the molecule is COc1ccc(C2ON=C(c3ccc(Cl)cc3)N2c2ccc(F)cc2)cc1. The molecule has 0 bridgehead atoms. The Morgan fingerprint density at radius 1 is 0.963 bits per heavy atom. The summed E-state index contributed by atoms with van der Waals surface area (Å²) in [5.41, 5.74) is 2.51. The summed E-state index contributed by atoms with van der Waals surface area (Å²) < 4.78 is 18.7. The van der Waals surface area contributed by atoms with E-state index in [4.69, 9.17) is 21.2 Å². The van der Waals surface area contributed by atoms with Gasteiger partial charge in [0.1, 0.15) is 11.6 Å². The molecule has 1 unspecified atom stereocenters. The van der Waals surface area contributed by atoms with E-state index in [0.29, 0.717) is 10.9 Å². The molecule has 6 heteroatoms. The molecule has 3 aromatic rings. The molecule has 1 heterocycles. The number of hydrogen-bond donors (Lipinski definition) is 0. The van der Waals surface area contributed by atoms with Crippen LogP contribution in [0, 0.1) is 5.82 Å². The minimum atomic E-state index is -0.480. The van der Waals surface area contributed by atoms with Gasteiger partial charge in [-0.25, -0.2) is 4.39 Å². The number of benzene rings is 3. The normalized spacial score (nSPS) is 16.0. The fourth-order valence-corrected chi connectivity index (χ4v) is 3.06. The summed E-state index contributed by atoms with van der Waals surface area (Å²) in [5, 5.41) is 4.93. The maximum Gasteiger partial charge on any atom is 0.231 e. The molecule has 0 aromatic heterocycles. The van der Waals surface area contributed by atoms with E-state index < -0.39 is 6.23 Å². The van der Waals surface area contributed by atoms with Gasteiger partial charge >= 0.3 is 0 Å². The second kappa shape index (κ2) is 7.29. The Bertz CT molecular complexity index is 957. The molecule has 0 fully saturated rings. The van der Waals surface area contributed by atoms with Crippen LogP contribution in [-0.4, -0.2) is 12.9 Å². The highest BCUT2D eigenvalue weighted by Gasteiger charge is 2.33. The first kappa shape index (κ1) is 17.4. The summed E-state index contributed by atoms with van der Waals surface area (Å²) in [4.78, 5) is 7.67. The van der Waals surface area contributed by atoms with Crippen molar-refractivity contribution in [2.24, 2.45) is 5.16 Å². The van der Waals surface area contributed by atoms with Crippen molar-refractivity contribution in [2.75, 3.05) is 12.0 Å². The Morgan fingerprint density at radius 2 is 1.63 bits per heavy atom. The number of nitrogens with zero attached hydrogens (tertiary/aromatic N) is 2.